The summed E-state index contributed by atoms with van der Waals surface area (Å²) in [4.78, 5) is 0. The standard InChI is InChI=1S/C9H10IN/c10-6-8-5-7-3-1-2-4-9(7)11-8/h1-4,8,11H,5-6H2/t8-/m0/s1. The number of halogens is 1. The Morgan fingerprint density at radius 1 is 1.45 bits per heavy atom. The van der Waals surface area contributed by atoms with Crippen molar-refractivity contribution >= 4 is 28.3 Å². The van der Waals surface area contributed by atoms with Crippen molar-refractivity contribution in [2.24, 2.45) is 0 Å². The molecule has 0 saturated heterocycles. The Hall–Kier alpha value is -0.250. The summed E-state index contributed by atoms with van der Waals surface area (Å²) in [6.07, 6.45) is 1.19. The molecule has 58 valence electrons. The Labute approximate surface area is 80.3 Å². The van der Waals surface area contributed by atoms with Gasteiger partial charge in [0.25, 0.3) is 0 Å². The molecule has 0 aromatic heterocycles. The third kappa shape index (κ3) is 1.36. The molecule has 1 atom stereocenters. The van der Waals surface area contributed by atoms with Gasteiger partial charge in [0.05, 0.1) is 0 Å². The summed E-state index contributed by atoms with van der Waals surface area (Å²) in [6.45, 7) is 0. The molecule has 1 heterocycles. The third-order valence-corrected chi connectivity index (χ3v) is 3.09. The number of alkyl halides is 1. The van der Waals surface area contributed by atoms with E-state index in [1.54, 1.807) is 0 Å². The second-order valence-corrected chi connectivity index (χ2v) is 3.74. The molecule has 1 aromatic carbocycles. The molecule has 0 fully saturated rings. The number of rotatable bonds is 1. The zero-order chi connectivity index (χ0) is 7.68. The van der Waals surface area contributed by atoms with E-state index < -0.39 is 0 Å². The summed E-state index contributed by atoms with van der Waals surface area (Å²) >= 11 is 2.43. The predicted octanol–water partition coefficient (Wildman–Crippen LogP) is 2.46. The normalized spacial score (nSPS) is 21.0. The fraction of sp³-hybridized carbons (Fsp3) is 0.333. The molecule has 0 unspecified atom stereocenters. The molecule has 0 aliphatic carbocycles. The molecular weight excluding hydrogens is 249 g/mol. The summed E-state index contributed by atoms with van der Waals surface area (Å²) in [5, 5.41) is 3.48. The maximum absolute atomic E-state index is 3.48. The van der Waals surface area contributed by atoms with Crippen molar-refractivity contribution in [2.75, 3.05) is 9.74 Å². The van der Waals surface area contributed by atoms with Crippen molar-refractivity contribution in [3.63, 3.8) is 0 Å². The number of nitrogens with one attached hydrogen (secondary N) is 1. The van der Waals surface area contributed by atoms with E-state index in [-0.39, 0.29) is 0 Å². The SMILES string of the molecule is IC[C@@H]1Cc2ccccc2N1. The van der Waals surface area contributed by atoms with Gasteiger partial charge in [-0.25, -0.2) is 0 Å². The zero-order valence-electron chi connectivity index (χ0n) is 6.18. The lowest BCUT2D eigenvalue weighted by molar-refractivity contribution is 0.864. The zero-order valence-corrected chi connectivity index (χ0v) is 8.34. The quantitative estimate of drug-likeness (QED) is 0.603. The molecular formula is C9H10IN. The van der Waals surface area contributed by atoms with Crippen LogP contribution in [0.15, 0.2) is 24.3 Å². The molecule has 0 saturated carbocycles. The van der Waals surface area contributed by atoms with Gasteiger partial charge in [-0.05, 0) is 18.1 Å². The van der Waals surface area contributed by atoms with Crippen LogP contribution in [0.5, 0.6) is 0 Å². The van der Waals surface area contributed by atoms with Crippen molar-refractivity contribution in [1.29, 1.82) is 0 Å². The van der Waals surface area contributed by atoms with Gasteiger partial charge in [0.15, 0.2) is 0 Å². The summed E-state index contributed by atoms with van der Waals surface area (Å²) in [5.74, 6) is 0. The topological polar surface area (TPSA) is 12.0 Å². The van der Waals surface area contributed by atoms with E-state index in [1.165, 1.54) is 22.1 Å². The first-order valence-electron chi connectivity index (χ1n) is 3.80. The Morgan fingerprint density at radius 3 is 3.00 bits per heavy atom. The van der Waals surface area contributed by atoms with Crippen LogP contribution in [0.25, 0.3) is 0 Å². The van der Waals surface area contributed by atoms with E-state index >= 15 is 0 Å². The van der Waals surface area contributed by atoms with Gasteiger partial charge in [-0.2, -0.15) is 0 Å². The molecule has 0 spiro atoms. The van der Waals surface area contributed by atoms with Crippen molar-refractivity contribution in [1.82, 2.24) is 0 Å². The first kappa shape index (κ1) is 7.40. The third-order valence-electron chi connectivity index (χ3n) is 2.03. The van der Waals surface area contributed by atoms with Crippen molar-refractivity contribution in [2.45, 2.75) is 12.5 Å². The van der Waals surface area contributed by atoms with Gasteiger partial charge in [-0.15, -0.1) is 0 Å². The van der Waals surface area contributed by atoms with Crippen molar-refractivity contribution in [3.05, 3.63) is 29.8 Å². The minimum Gasteiger partial charge on any atom is -0.381 e. The highest BCUT2D eigenvalue weighted by atomic mass is 127. The average molecular weight is 259 g/mol. The van der Waals surface area contributed by atoms with Crippen LogP contribution in [0.3, 0.4) is 0 Å². The largest absolute Gasteiger partial charge is 0.381 e. The van der Waals surface area contributed by atoms with Gasteiger partial charge in [-0.3, -0.25) is 0 Å². The molecule has 2 heteroatoms. The summed E-state index contributed by atoms with van der Waals surface area (Å²) in [6, 6.07) is 9.21. The van der Waals surface area contributed by atoms with Crippen LogP contribution in [-0.2, 0) is 6.42 Å². The van der Waals surface area contributed by atoms with E-state index in [4.69, 9.17) is 0 Å². The molecule has 1 aliphatic rings. The van der Waals surface area contributed by atoms with E-state index in [0.717, 1.165) is 0 Å². The molecule has 2 rings (SSSR count). The van der Waals surface area contributed by atoms with Crippen LogP contribution in [0, 0.1) is 0 Å². The number of hydrogen-bond acceptors (Lipinski definition) is 1. The van der Waals surface area contributed by atoms with Gasteiger partial charge in [0, 0.05) is 16.2 Å². The van der Waals surface area contributed by atoms with E-state index in [9.17, 15) is 0 Å². The Balaban J connectivity index is 2.27. The fourth-order valence-corrected chi connectivity index (χ4v) is 2.00. The molecule has 0 radical (unpaired) electrons. The van der Waals surface area contributed by atoms with E-state index in [0.29, 0.717) is 6.04 Å². The van der Waals surface area contributed by atoms with Gasteiger partial charge in [0.2, 0.25) is 0 Å². The van der Waals surface area contributed by atoms with E-state index in [1.807, 2.05) is 0 Å². The second kappa shape index (κ2) is 3.01. The number of anilines is 1. The first-order chi connectivity index (χ1) is 5.40. The molecule has 1 N–H and O–H groups in total. The first-order valence-corrected chi connectivity index (χ1v) is 5.33. The molecule has 11 heavy (non-hydrogen) atoms. The van der Waals surface area contributed by atoms with Crippen LogP contribution < -0.4 is 5.32 Å². The maximum Gasteiger partial charge on any atom is 0.0391 e. The summed E-state index contributed by atoms with van der Waals surface area (Å²) in [5.41, 5.74) is 2.79. The Kier molecular flexibility index (Phi) is 2.02. The lowest BCUT2D eigenvalue weighted by atomic mass is 10.1. The number of benzene rings is 1. The number of para-hydroxylation sites is 1. The lowest BCUT2D eigenvalue weighted by Gasteiger charge is -2.04. The smallest absolute Gasteiger partial charge is 0.0391 e. The summed E-state index contributed by atoms with van der Waals surface area (Å²) < 4.78 is 1.19. The molecule has 1 aromatic rings. The second-order valence-electron chi connectivity index (χ2n) is 2.86. The van der Waals surface area contributed by atoms with Crippen LogP contribution in [0.1, 0.15) is 5.56 Å². The number of fused-ring (bicyclic) bond motifs is 1. The number of hydrogen-bond donors (Lipinski definition) is 1. The lowest BCUT2D eigenvalue weighted by Crippen LogP contribution is -2.16. The van der Waals surface area contributed by atoms with Crippen LogP contribution in [0.4, 0.5) is 5.69 Å². The van der Waals surface area contributed by atoms with Crippen molar-refractivity contribution in [3.8, 4) is 0 Å². The van der Waals surface area contributed by atoms with Gasteiger partial charge >= 0.3 is 0 Å². The Morgan fingerprint density at radius 2 is 2.27 bits per heavy atom. The van der Waals surface area contributed by atoms with Crippen LogP contribution >= 0.6 is 22.6 Å². The maximum atomic E-state index is 3.48. The van der Waals surface area contributed by atoms with Gasteiger partial charge in [-0.1, -0.05) is 40.8 Å². The average Bonchev–Trinajstić information content (AvgIpc) is 2.46. The molecule has 1 nitrogen and oxygen atoms in total. The minimum atomic E-state index is 0.660. The van der Waals surface area contributed by atoms with E-state index in [2.05, 4.69) is 52.2 Å². The fourth-order valence-electron chi connectivity index (χ4n) is 1.47. The Bertz CT molecular complexity index is 234. The van der Waals surface area contributed by atoms with Crippen LogP contribution in [-0.4, -0.2) is 10.5 Å². The highest BCUT2D eigenvalue weighted by molar-refractivity contribution is 14.1. The van der Waals surface area contributed by atoms with Crippen molar-refractivity contribution < 1.29 is 0 Å². The van der Waals surface area contributed by atoms with Gasteiger partial charge in [0.1, 0.15) is 0 Å². The molecule has 1 aliphatic heterocycles. The minimum absolute atomic E-state index is 0.660. The highest BCUT2D eigenvalue weighted by Crippen LogP contribution is 2.25. The van der Waals surface area contributed by atoms with Crippen LogP contribution in [0.2, 0.25) is 0 Å². The van der Waals surface area contributed by atoms with Gasteiger partial charge < -0.3 is 5.32 Å². The molecule has 0 amide bonds. The molecule has 0 bridgehead atoms. The predicted molar refractivity (Wildman–Crippen MR) is 56.4 cm³/mol. The monoisotopic (exact) mass is 259 g/mol. The highest BCUT2D eigenvalue weighted by Gasteiger charge is 2.17. The summed E-state index contributed by atoms with van der Waals surface area (Å²) in [7, 11) is 0.